The maximum absolute atomic E-state index is 13.0. The Kier molecular flexibility index (Phi) is 6.84. The number of carbonyl (C=O) groups is 4. The number of halogens is 1. The summed E-state index contributed by atoms with van der Waals surface area (Å²) in [6.07, 6.45) is 0. The van der Waals surface area contributed by atoms with Crippen molar-refractivity contribution < 1.29 is 28.7 Å². The summed E-state index contributed by atoms with van der Waals surface area (Å²) in [5.74, 6) is -1.95. The summed E-state index contributed by atoms with van der Waals surface area (Å²) in [6.45, 7) is 1.19. The topological polar surface area (TPSA) is 102 Å². The number of esters is 1. The number of hydrogen-bond acceptors (Lipinski definition) is 6. The highest BCUT2D eigenvalue weighted by atomic mass is 35.5. The molecule has 1 N–H and O–H groups in total. The van der Waals surface area contributed by atoms with Gasteiger partial charge in [-0.15, -0.1) is 0 Å². The molecule has 0 fully saturated rings. The van der Waals surface area contributed by atoms with E-state index in [9.17, 15) is 19.2 Å². The highest BCUT2D eigenvalue weighted by Gasteiger charge is 2.39. The van der Waals surface area contributed by atoms with Gasteiger partial charge in [0.25, 0.3) is 17.7 Å². The van der Waals surface area contributed by atoms with Crippen molar-refractivity contribution in [2.75, 3.05) is 19.0 Å². The average molecular weight is 493 g/mol. The quantitative estimate of drug-likeness (QED) is 0.385. The van der Waals surface area contributed by atoms with Gasteiger partial charge >= 0.3 is 5.97 Å². The van der Waals surface area contributed by atoms with Crippen molar-refractivity contribution in [3.8, 4) is 5.75 Å². The van der Waals surface area contributed by atoms with Crippen molar-refractivity contribution in [2.24, 2.45) is 0 Å². The van der Waals surface area contributed by atoms with E-state index in [0.29, 0.717) is 16.5 Å². The Morgan fingerprint density at radius 3 is 2.40 bits per heavy atom. The maximum atomic E-state index is 13.0. The molecule has 8 nitrogen and oxygen atoms in total. The summed E-state index contributed by atoms with van der Waals surface area (Å²) in [6, 6.07) is 17.5. The standard InChI is InChI=1S/C26H21ClN2O6/c1-15(16-6-4-3-5-7-16)29-24(31)19-10-8-17(12-20(19)25(29)32)26(33)35-14-23(30)28-21-13-18(27)9-11-22(21)34-2/h3-13,15H,14H2,1-2H3,(H,28,30)/t15-/m1/s1. The summed E-state index contributed by atoms with van der Waals surface area (Å²) < 4.78 is 10.3. The molecule has 0 radical (unpaired) electrons. The molecular weight excluding hydrogens is 472 g/mol. The minimum atomic E-state index is -0.809. The lowest BCUT2D eigenvalue weighted by Crippen LogP contribution is -2.32. The maximum Gasteiger partial charge on any atom is 0.338 e. The van der Waals surface area contributed by atoms with Gasteiger partial charge in [-0.25, -0.2) is 4.79 Å². The van der Waals surface area contributed by atoms with Gasteiger partial charge in [-0.05, 0) is 48.9 Å². The second kappa shape index (κ2) is 9.99. The highest BCUT2D eigenvalue weighted by molar-refractivity contribution is 6.31. The fourth-order valence-electron chi connectivity index (χ4n) is 3.80. The predicted molar refractivity (Wildman–Crippen MR) is 129 cm³/mol. The first kappa shape index (κ1) is 24.0. The molecule has 0 aromatic heterocycles. The van der Waals surface area contributed by atoms with Gasteiger partial charge < -0.3 is 14.8 Å². The van der Waals surface area contributed by atoms with Crippen LogP contribution in [0, 0.1) is 0 Å². The van der Waals surface area contributed by atoms with Crippen molar-refractivity contribution in [1.82, 2.24) is 4.90 Å². The Hall–Kier alpha value is -4.17. The molecule has 0 spiro atoms. The lowest BCUT2D eigenvalue weighted by Gasteiger charge is -2.22. The van der Waals surface area contributed by atoms with E-state index in [-0.39, 0.29) is 16.7 Å². The summed E-state index contributed by atoms with van der Waals surface area (Å²) >= 11 is 5.95. The third kappa shape index (κ3) is 4.88. The lowest BCUT2D eigenvalue weighted by atomic mass is 10.1. The van der Waals surface area contributed by atoms with E-state index in [4.69, 9.17) is 21.1 Å². The summed E-state index contributed by atoms with van der Waals surface area (Å²) in [5.41, 5.74) is 1.51. The number of nitrogens with zero attached hydrogens (tertiary/aromatic N) is 1. The third-order valence-corrected chi connectivity index (χ3v) is 5.83. The number of rotatable bonds is 7. The Bertz CT molecular complexity index is 1320. The van der Waals surface area contributed by atoms with Gasteiger partial charge in [-0.1, -0.05) is 41.9 Å². The van der Waals surface area contributed by atoms with Crippen LogP contribution in [0.15, 0.2) is 66.7 Å². The van der Waals surface area contributed by atoms with Crippen molar-refractivity contribution in [2.45, 2.75) is 13.0 Å². The smallest absolute Gasteiger partial charge is 0.338 e. The van der Waals surface area contributed by atoms with Gasteiger partial charge in [0, 0.05) is 5.02 Å². The fourth-order valence-corrected chi connectivity index (χ4v) is 3.97. The summed E-state index contributed by atoms with van der Waals surface area (Å²) in [5, 5.41) is 2.96. The number of amides is 3. The van der Waals surface area contributed by atoms with Crippen molar-refractivity contribution in [3.05, 3.63) is 94.0 Å². The molecule has 1 aliphatic heterocycles. The highest BCUT2D eigenvalue weighted by Crippen LogP contribution is 2.32. The molecule has 3 aromatic rings. The lowest BCUT2D eigenvalue weighted by molar-refractivity contribution is -0.119. The first-order valence-corrected chi connectivity index (χ1v) is 11.1. The van der Waals surface area contributed by atoms with Crippen LogP contribution in [0.3, 0.4) is 0 Å². The minimum Gasteiger partial charge on any atom is -0.495 e. The van der Waals surface area contributed by atoms with E-state index in [1.165, 1.54) is 36.3 Å². The molecule has 178 valence electrons. The number of nitrogens with one attached hydrogen (secondary N) is 1. The molecule has 0 unspecified atom stereocenters. The predicted octanol–water partition coefficient (Wildman–Crippen LogP) is 4.50. The van der Waals surface area contributed by atoms with Crippen LogP contribution in [0.5, 0.6) is 5.75 Å². The second-order valence-electron chi connectivity index (χ2n) is 7.80. The van der Waals surface area contributed by atoms with Gasteiger partial charge in [0.05, 0.1) is 35.5 Å². The fraction of sp³-hybridized carbons (Fsp3) is 0.154. The zero-order valence-electron chi connectivity index (χ0n) is 18.9. The monoisotopic (exact) mass is 492 g/mol. The van der Waals surface area contributed by atoms with E-state index in [0.717, 1.165) is 5.56 Å². The Morgan fingerprint density at radius 1 is 0.971 bits per heavy atom. The van der Waals surface area contributed by atoms with Crippen LogP contribution in [0.2, 0.25) is 5.02 Å². The SMILES string of the molecule is COc1ccc(Cl)cc1NC(=O)COC(=O)c1ccc2c(c1)C(=O)N([C@H](C)c1ccccc1)C2=O. The minimum absolute atomic E-state index is 0.0484. The molecule has 4 rings (SSSR count). The normalized spacial score (nSPS) is 13.3. The number of fused-ring (bicyclic) bond motifs is 1. The van der Waals surface area contributed by atoms with E-state index in [2.05, 4.69) is 5.32 Å². The second-order valence-corrected chi connectivity index (χ2v) is 8.23. The van der Waals surface area contributed by atoms with Crippen molar-refractivity contribution >= 4 is 41.0 Å². The zero-order chi connectivity index (χ0) is 25.1. The Morgan fingerprint density at radius 2 is 1.69 bits per heavy atom. The Labute approximate surface area is 206 Å². The van der Waals surface area contributed by atoms with Crippen LogP contribution in [-0.2, 0) is 9.53 Å². The number of imide groups is 1. The molecule has 0 saturated carbocycles. The molecule has 1 aliphatic rings. The number of ether oxygens (including phenoxy) is 2. The van der Waals surface area contributed by atoms with Crippen molar-refractivity contribution in [1.29, 1.82) is 0 Å². The molecule has 0 saturated heterocycles. The van der Waals surface area contributed by atoms with Crippen LogP contribution in [0.25, 0.3) is 0 Å². The average Bonchev–Trinajstić information content (AvgIpc) is 3.12. The molecule has 1 heterocycles. The number of carbonyl (C=O) groups excluding carboxylic acids is 4. The largest absolute Gasteiger partial charge is 0.495 e. The van der Waals surface area contributed by atoms with E-state index >= 15 is 0 Å². The van der Waals surface area contributed by atoms with Gasteiger partial charge in [-0.2, -0.15) is 0 Å². The van der Waals surface area contributed by atoms with Crippen LogP contribution in [0.1, 0.15) is 49.6 Å². The van der Waals surface area contributed by atoms with Crippen molar-refractivity contribution in [3.63, 3.8) is 0 Å². The van der Waals surface area contributed by atoms with Gasteiger partial charge in [0.1, 0.15) is 5.75 Å². The summed E-state index contributed by atoms with van der Waals surface area (Å²) in [7, 11) is 1.44. The molecular formula is C26H21ClN2O6. The van der Waals surface area contributed by atoms with Crippen LogP contribution >= 0.6 is 11.6 Å². The van der Waals surface area contributed by atoms with Crippen LogP contribution in [-0.4, -0.2) is 42.3 Å². The number of hydrogen-bond donors (Lipinski definition) is 1. The van der Waals surface area contributed by atoms with Gasteiger partial charge in [0.2, 0.25) is 0 Å². The first-order chi connectivity index (χ1) is 16.8. The van der Waals surface area contributed by atoms with Crippen LogP contribution < -0.4 is 10.1 Å². The van der Waals surface area contributed by atoms with E-state index < -0.39 is 36.3 Å². The number of anilines is 1. The van der Waals surface area contributed by atoms with E-state index in [1.807, 2.05) is 30.3 Å². The van der Waals surface area contributed by atoms with Crippen LogP contribution in [0.4, 0.5) is 5.69 Å². The molecule has 0 bridgehead atoms. The molecule has 0 aliphatic carbocycles. The molecule has 3 aromatic carbocycles. The Balaban J connectivity index is 1.44. The molecule has 9 heteroatoms. The third-order valence-electron chi connectivity index (χ3n) is 5.59. The van der Waals surface area contributed by atoms with Gasteiger partial charge in [-0.3, -0.25) is 19.3 Å². The summed E-state index contributed by atoms with van der Waals surface area (Å²) in [4.78, 5) is 51.9. The molecule has 35 heavy (non-hydrogen) atoms. The molecule has 3 amide bonds. The number of methoxy groups -OCH3 is 1. The van der Waals surface area contributed by atoms with Gasteiger partial charge in [0.15, 0.2) is 6.61 Å². The zero-order valence-corrected chi connectivity index (χ0v) is 19.7. The van der Waals surface area contributed by atoms with E-state index in [1.54, 1.807) is 19.1 Å². The molecule has 1 atom stereocenters. The first-order valence-electron chi connectivity index (χ1n) is 10.7. The number of benzene rings is 3.